The predicted octanol–water partition coefficient (Wildman–Crippen LogP) is 3.33. The van der Waals surface area contributed by atoms with Crippen LogP contribution in [0, 0.1) is 0 Å². The maximum atomic E-state index is 6.01. The molecule has 3 nitrogen and oxygen atoms in total. The van der Waals surface area contributed by atoms with E-state index >= 15 is 0 Å². The highest BCUT2D eigenvalue weighted by Crippen LogP contribution is 2.42. The van der Waals surface area contributed by atoms with E-state index in [0.29, 0.717) is 34.5 Å². The Labute approximate surface area is 123 Å². The standard InChI is InChI=1S/C14H17Cl2N3/c1-8(2)7-18-14(17)19-13-6-10(13)9-3-4-11(15)12(16)5-9/h3-5,10,13H,1,6-7H2,2H3,(H3,17,18,19)/t10-,13+/m0/s1. The van der Waals surface area contributed by atoms with Gasteiger partial charge in [0.25, 0.3) is 0 Å². The van der Waals surface area contributed by atoms with Crippen molar-refractivity contribution in [2.24, 2.45) is 10.7 Å². The van der Waals surface area contributed by atoms with Crippen molar-refractivity contribution >= 4 is 29.2 Å². The van der Waals surface area contributed by atoms with Crippen molar-refractivity contribution in [3.05, 3.63) is 46.0 Å². The van der Waals surface area contributed by atoms with Gasteiger partial charge in [-0.3, -0.25) is 0 Å². The summed E-state index contributed by atoms with van der Waals surface area (Å²) in [4.78, 5) is 4.20. The van der Waals surface area contributed by atoms with Crippen LogP contribution < -0.4 is 11.1 Å². The van der Waals surface area contributed by atoms with E-state index in [1.807, 2.05) is 25.1 Å². The van der Waals surface area contributed by atoms with E-state index in [1.54, 1.807) is 0 Å². The fraction of sp³-hybridized carbons (Fsp3) is 0.357. The van der Waals surface area contributed by atoms with Crippen LogP contribution in [-0.2, 0) is 0 Å². The summed E-state index contributed by atoms with van der Waals surface area (Å²) in [7, 11) is 0. The monoisotopic (exact) mass is 297 g/mol. The number of nitrogens with zero attached hydrogens (tertiary/aromatic N) is 1. The van der Waals surface area contributed by atoms with Gasteiger partial charge in [0.05, 0.1) is 16.6 Å². The van der Waals surface area contributed by atoms with E-state index in [-0.39, 0.29) is 0 Å². The molecule has 3 N–H and O–H groups in total. The highest BCUT2D eigenvalue weighted by atomic mass is 35.5. The van der Waals surface area contributed by atoms with E-state index in [9.17, 15) is 0 Å². The zero-order valence-corrected chi connectivity index (χ0v) is 12.3. The minimum atomic E-state index is 0.325. The molecule has 0 spiro atoms. The van der Waals surface area contributed by atoms with Crippen molar-refractivity contribution in [1.82, 2.24) is 5.32 Å². The number of guanidine groups is 1. The summed E-state index contributed by atoms with van der Waals surface area (Å²) in [5, 5.41) is 4.38. The Morgan fingerprint density at radius 3 is 2.84 bits per heavy atom. The SMILES string of the molecule is C=C(C)CN=C(N)N[C@@H]1C[C@H]1c1ccc(Cl)c(Cl)c1. The van der Waals surface area contributed by atoms with E-state index in [2.05, 4.69) is 16.9 Å². The molecule has 0 radical (unpaired) electrons. The highest BCUT2D eigenvalue weighted by Gasteiger charge is 2.38. The largest absolute Gasteiger partial charge is 0.370 e. The number of nitrogens with one attached hydrogen (secondary N) is 1. The van der Waals surface area contributed by atoms with Gasteiger partial charge < -0.3 is 11.1 Å². The Hall–Kier alpha value is -1.19. The average Bonchev–Trinajstić information content (AvgIpc) is 3.09. The van der Waals surface area contributed by atoms with Crippen LogP contribution in [0.4, 0.5) is 0 Å². The number of aliphatic imine (C=N–C) groups is 1. The molecular formula is C14H17Cl2N3. The third-order valence-electron chi connectivity index (χ3n) is 3.01. The Morgan fingerprint density at radius 2 is 2.21 bits per heavy atom. The predicted molar refractivity (Wildman–Crippen MR) is 82.0 cm³/mol. The van der Waals surface area contributed by atoms with Crippen LogP contribution in [0.5, 0.6) is 0 Å². The summed E-state index contributed by atoms with van der Waals surface area (Å²) < 4.78 is 0. The van der Waals surface area contributed by atoms with Gasteiger partial charge in [-0.1, -0.05) is 41.4 Å². The van der Waals surface area contributed by atoms with Crippen LogP contribution in [0.1, 0.15) is 24.8 Å². The Bertz CT molecular complexity index is 525. The first kappa shape index (κ1) is 14.2. The lowest BCUT2D eigenvalue weighted by Crippen LogP contribution is -2.34. The number of benzene rings is 1. The molecule has 0 aliphatic heterocycles. The van der Waals surface area contributed by atoms with Crippen molar-refractivity contribution in [3.8, 4) is 0 Å². The van der Waals surface area contributed by atoms with Crippen LogP contribution >= 0.6 is 23.2 Å². The smallest absolute Gasteiger partial charge is 0.189 e. The van der Waals surface area contributed by atoms with Crippen molar-refractivity contribution < 1.29 is 0 Å². The molecular weight excluding hydrogens is 281 g/mol. The third kappa shape index (κ3) is 3.88. The topological polar surface area (TPSA) is 50.4 Å². The first-order valence-corrected chi connectivity index (χ1v) is 6.88. The average molecular weight is 298 g/mol. The highest BCUT2D eigenvalue weighted by molar-refractivity contribution is 6.42. The van der Waals surface area contributed by atoms with Crippen molar-refractivity contribution in [2.45, 2.75) is 25.3 Å². The first-order valence-electron chi connectivity index (χ1n) is 6.13. The molecule has 0 amide bonds. The third-order valence-corrected chi connectivity index (χ3v) is 3.75. The fourth-order valence-corrected chi connectivity index (χ4v) is 2.23. The van der Waals surface area contributed by atoms with Gasteiger partial charge in [-0.2, -0.15) is 0 Å². The lowest BCUT2D eigenvalue weighted by Gasteiger charge is -2.06. The molecule has 0 heterocycles. The molecule has 0 unspecified atom stereocenters. The van der Waals surface area contributed by atoms with Crippen LogP contribution in [0.15, 0.2) is 35.3 Å². The number of hydrogen-bond acceptors (Lipinski definition) is 1. The molecule has 0 saturated heterocycles. The zero-order valence-electron chi connectivity index (χ0n) is 10.8. The van der Waals surface area contributed by atoms with Crippen LogP contribution in [-0.4, -0.2) is 18.5 Å². The lowest BCUT2D eigenvalue weighted by atomic mass is 10.1. The molecule has 1 aromatic carbocycles. The van der Waals surface area contributed by atoms with E-state index in [1.165, 1.54) is 5.56 Å². The van der Waals surface area contributed by atoms with Gasteiger partial charge in [0.2, 0.25) is 0 Å². The Kier molecular flexibility index (Phi) is 4.38. The molecule has 0 aromatic heterocycles. The maximum absolute atomic E-state index is 6.01. The normalized spacial score (nSPS) is 22.2. The molecule has 1 aromatic rings. The second-order valence-corrected chi connectivity index (χ2v) is 5.74. The van der Waals surface area contributed by atoms with E-state index < -0.39 is 0 Å². The minimum Gasteiger partial charge on any atom is -0.370 e. The van der Waals surface area contributed by atoms with Gasteiger partial charge in [-0.05, 0) is 31.0 Å². The van der Waals surface area contributed by atoms with Gasteiger partial charge in [-0.15, -0.1) is 0 Å². The maximum Gasteiger partial charge on any atom is 0.189 e. The number of nitrogens with two attached hydrogens (primary N) is 1. The van der Waals surface area contributed by atoms with E-state index in [4.69, 9.17) is 28.9 Å². The molecule has 102 valence electrons. The summed E-state index contributed by atoms with van der Waals surface area (Å²) in [5.74, 6) is 0.893. The van der Waals surface area contributed by atoms with Crippen LogP contribution in [0.2, 0.25) is 10.0 Å². The molecule has 19 heavy (non-hydrogen) atoms. The second-order valence-electron chi connectivity index (χ2n) is 4.93. The summed E-state index contributed by atoms with van der Waals surface area (Å²) in [5.41, 5.74) is 7.98. The molecule has 1 aliphatic rings. The number of rotatable bonds is 4. The van der Waals surface area contributed by atoms with Crippen LogP contribution in [0.3, 0.4) is 0 Å². The van der Waals surface area contributed by atoms with Gasteiger partial charge >= 0.3 is 0 Å². The van der Waals surface area contributed by atoms with Gasteiger partial charge in [0.1, 0.15) is 0 Å². The number of halogens is 2. The Balaban J connectivity index is 1.92. The molecule has 2 rings (SSSR count). The summed E-state index contributed by atoms with van der Waals surface area (Å²) in [6.45, 7) is 6.27. The molecule has 1 aliphatic carbocycles. The second kappa shape index (κ2) is 5.85. The molecule has 5 heteroatoms. The van der Waals surface area contributed by atoms with E-state index in [0.717, 1.165) is 12.0 Å². The van der Waals surface area contributed by atoms with Crippen LogP contribution in [0.25, 0.3) is 0 Å². The quantitative estimate of drug-likeness (QED) is 0.509. The van der Waals surface area contributed by atoms with Crippen molar-refractivity contribution in [2.75, 3.05) is 6.54 Å². The first-order chi connectivity index (χ1) is 8.97. The zero-order chi connectivity index (χ0) is 14.0. The summed E-state index contributed by atoms with van der Waals surface area (Å²) in [6, 6.07) is 6.07. The molecule has 1 saturated carbocycles. The van der Waals surface area contributed by atoms with Gasteiger partial charge in [0.15, 0.2) is 5.96 Å². The van der Waals surface area contributed by atoms with Gasteiger partial charge in [0, 0.05) is 12.0 Å². The van der Waals surface area contributed by atoms with Gasteiger partial charge in [-0.25, -0.2) is 4.99 Å². The van der Waals surface area contributed by atoms with Crippen molar-refractivity contribution in [3.63, 3.8) is 0 Å². The summed E-state index contributed by atoms with van der Waals surface area (Å²) in [6.07, 6.45) is 1.03. The molecule has 1 fully saturated rings. The minimum absolute atomic E-state index is 0.325. The molecule has 2 atom stereocenters. The Morgan fingerprint density at radius 1 is 1.47 bits per heavy atom. The molecule has 0 bridgehead atoms. The lowest BCUT2D eigenvalue weighted by molar-refractivity contribution is 0.852. The fourth-order valence-electron chi connectivity index (χ4n) is 1.92. The number of hydrogen-bond donors (Lipinski definition) is 2. The summed E-state index contributed by atoms with van der Waals surface area (Å²) >= 11 is 11.9. The van der Waals surface area contributed by atoms with Crippen molar-refractivity contribution in [1.29, 1.82) is 0 Å².